The molecule has 1 aromatic heterocycles. The Labute approximate surface area is 117 Å². The molecule has 2 aromatic rings. The molecule has 102 valence electrons. The Morgan fingerprint density at radius 2 is 2.05 bits per heavy atom. The zero-order valence-corrected chi connectivity index (χ0v) is 12.3. The fourth-order valence-electron chi connectivity index (χ4n) is 1.73. The van der Waals surface area contributed by atoms with Crippen LogP contribution >= 0.6 is 11.3 Å². The Morgan fingerprint density at radius 3 is 2.79 bits per heavy atom. The first-order valence-electron chi connectivity index (χ1n) is 6.50. The Kier molecular flexibility index (Phi) is 4.87. The van der Waals surface area contributed by atoms with Gasteiger partial charge in [-0.3, -0.25) is 0 Å². The first-order valence-corrected chi connectivity index (χ1v) is 7.32. The lowest BCUT2D eigenvalue weighted by molar-refractivity contribution is 0.464. The van der Waals surface area contributed by atoms with E-state index >= 15 is 0 Å². The average Bonchev–Trinajstić information content (AvgIpc) is 2.84. The van der Waals surface area contributed by atoms with Crippen LogP contribution in [-0.2, 0) is 6.54 Å². The number of ether oxygens (including phenoxy) is 1. The summed E-state index contributed by atoms with van der Waals surface area (Å²) >= 11 is 1.48. The molecule has 0 aliphatic rings. The number of benzene rings is 1. The largest absolute Gasteiger partial charge is 0.429 e. The minimum Gasteiger partial charge on any atom is -0.429 e. The third-order valence-corrected chi connectivity index (χ3v) is 3.51. The molecule has 0 saturated heterocycles. The second-order valence-electron chi connectivity index (χ2n) is 4.54. The average molecular weight is 277 g/mol. The second-order valence-corrected chi connectivity index (χ2v) is 5.56. The van der Waals surface area contributed by atoms with Crippen LogP contribution in [-0.4, -0.2) is 16.7 Å². The lowest BCUT2D eigenvalue weighted by Gasteiger charge is -2.11. The molecule has 0 aliphatic heterocycles. The van der Waals surface area contributed by atoms with E-state index in [4.69, 9.17) is 4.74 Å². The quantitative estimate of drug-likeness (QED) is 0.877. The summed E-state index contributed by atoms with van der Waals surface area (Å²) in [4.78, 5) is 0. The van der Waals surface area contributed by atoms with Crippen molar-refractivity contribution in [3.8, 4) is 10.9 Å². The Balaban J connectivity index is 2.10. The van der Waals surface area contributed by atoms with Gasteiger partial charge in [0.05, 0.1) is 0 Å². The molecule has 0 atom stereocenters. The number of hydrogen-bond acceptors (Lipinski definition) is 5. The van der Waals surface area contributed by atoms with Crippen molar-refractivity contribution in [3.63, 3.8) is 0 Å². The van der Waals surface area contributed by atoms with E-state index < -0.39 is 0 Å². The SMILES string of the molecule is CCNCc1nnc(Oc2ccccc2C(C)C)s1. The molecule has 0 bridgehead atoms. The van der Waals surface area contributed by atoms with Crippen LogP contribution in [0.2, 0.25) is 0 Å². The highest BCUT2D eigenvalue weighted by Gasteiger charge is 2.11. The molecule has 5 heteroatoms. The van der Waals surface area contributed by atoms with Crippen molar-refractivity contribution in [3.05, 3.63) is 34.8 Å². The molecule has 2 rings (SSSR count). The van der Waals surface area contributed by atoms with Crippen LogP contribution in [0.25, 0.3) is 0 Å². The molecule has 0 spiro atoms. The fourth-order valence-corrected chi connectivity index (χ4v) is 2.40. The van der Waals surface area contributed by atoms with E-state index in [1.165, 1.54) is 16.9 Å². The molecule has 0 amide bonds. The third kappa shape index (κ3) is 3.75. The molecule has 1 N–H and O–H groups in total. The van der Waals surface area contributed by atoms with Gasteiger partial charge in [0.25, 0.3) is 5.19 Å². The van der Waals surface area contributed by atoms with Gasteiger partial charge in [0.15, 0.2) is 0 Å². The highest BCUT2D eigenvalue weighted by Crippen LogP contribution is 2.31. The van der Waals surface area contributed by atoms with Gasteiger partial charge >= 0.3 is 0 Å². The summed E-state index contributed by atoms with van der Waals surface area (Å²) in [7, 11) is 0. The summed E-state index contributed by atoms with van der Waals surface area (Å²) in [5, 5.41) is 12.9. The molecule has 4 nitrogen and oxygen atoms in total. The van der Waals surface area contributed by atoms with Crippen molar-refractivity contribution in [2.24, 2.45) is 0 Å². The van der Waals surface area contributed by atoms with Crippen molar-refractivity contribution in [2.75, 3.05) is 6.54 Å². The lowest BCUT2D eigenvalue weighted by Crippen LogP contribution is -2.11. The van der Waals surface area contributed by atoms with E-state index in [0.29, 0.717) is 11.1 Å². The van der Waals surface area contributed by atoms with Crippen molar-refractivity contribution in [1.29, 1.82) is 0 Å². The summed E-state index contributed by atoms with van der Waals surface area (Å²) in [6, 6.07) is 8.06. The van der Waals surface area contributed by atoms with Crippen LogP contribution in [0.1, 0.15) is 37.3 Å². The lowest BCUT2D eigenvalue weighted by atomic mass is 10.0. The van der Waals surface area contributed by atoms with Gasteiger partial charge in [-0.05, 0) is 24.1 Å². The van der Waals surface area contributed by atoms with Crippen molar-refractivity contribution in [1.82, 2.24) is 15.5 Å². The van der Waals surface area contributed by atoms with Gasteiger partial charge < -0.3 is 10.1 Å². The van der Waals surface area contributed by atoms with Crippen molar-refractivity contribution >= 4 is 11.3 Å². The van der Waals surface area contributed by atoms with Crippen molar-refractivity contribution < 1.29 is 4.74 Å². The minimum atomic E-state index is 0.422. The zero-order valence-electron chi connectivity index (χ0n) is 11.5. The predicted octanol–water partition coefficient (Wildman–Crippen LogP) is 3.56. The summed E-state index contributed by atoms with van der Waals surface area (Å²) in [6.07, 6.45) is 0. The third-order valence-electron chi connectivity index (χ3n) is 2.71. The van der Waals surface area contributed by atoms with E-state index in [1.54, 1.807) is 0 Å². The number of nitrogens with zero attached hydrogens (tertiary/aromatic N) is 2. The number of rotatable bonds is 6. The maximum absolute atomic E-state index is 5.85. The molecular formula is C14H19N3OS. The van der Waals surface area contributed by atoms with Gasteiger partial charge in [0.1, 0.15) is 10.8 Å². The normalized spacial score (nSPS) is 10.9. The maximum Gasteiger partial charge on any atom is 0.299 e. The standard InChI is InChI=1S/C14H19N3OS/c1-4-15-9-13-16-17-14(19-13)18-12-8-6-5-7-11(12)10(2)3/h5-8,10,15H,4,9H2,1-3H3. The van der Waals surface area contributed by atoms with Gasteiger partial charge in [0.2, 0.25) is 0 Å². The molecule has 1 heterocycles. The topological polar surface area (TPSA) is 47.0 Å². The van der Waals surface area contributed by atoms with Gasteiger partial charge in [0, 0.05) is 6.54 Å². The van der Waals surface area contributed by atoms with E-state index in [9.17, 15) is 0 Å². The van der Waals surface area contributed by atoms with E-state index in [0.717, 1.165) is 23.8 Å². The molecule has 1 aromatic carbocycles. The van der Waals surface area contributed by atoms with E-state index in [1.807, 2.05) is 18.2 Å². The van der Waals surface area contributed by atoms with Crippen LogP contribution in [0.4, 0.5) is 0 Å². The number of aromatic nitrogens is 2. The molecule has 0 unspecified atom stereocenters. The summed E-state index contributed by atoms with van der Waals surface area (Å²) < 4.78 is 5.85. The van der Waals surface area contributed by atoms with Crippen LogP contribution < -0.4 is 10.1 Å². The Hall–Kier alpha value is -1.46. The van der Waals surface area contributed by atoms with Gasteiger partial charge in [-0.2, -0.15) is 0 Å². The number of para-hydroxylation sites is 1. The number of nitrogens with one attached hydrogen (secondary N) is 1. The summed E-state index contributed by atoms with van der Waals surface area (Å²) in [5.74, 6) is 1.29. The fraction of sp³-hybridized carbons (Fsp3) is 0.429. The van der Waals surface area contributed by atoms with E-state index in [2.05, 4.69) is 42.4 Å². The summed E-state index contributed by atoms with van der Waals surface area (Å²) in [6.45, 7) is 8.03. The first-order chi connectivity index (χ1) is 9.20. The van der Waals surface area contributed by atoms with Gasteiger partial charge in [-0.25, -0.2) is 0 Å². The molecule has 0 radical (unpaired) electrons. The van der Waals surface area contributed by atoms with Crippen LogP contribution in [0.3, 0.4) is 0 Å². The smallest absolute Gasteiger partial charge is 0.299 e. The highest BCUT2D eigenvalue weighted by molar-refractivity contribution is 7.13. The molecule has 19 heavy (non-hydrogen) atoms. The molecule has 0 saturated carbocycles. The first kappa shape index (κ1) is 14.0. The van der Waals surface area contributed by atoms with Gasteiger partial charge in [-0.1, -0.05) is 55.4 Å². The van der Waals surface area contributed by atoms with Crippen LogP contribution in [0.5, 0.6) is 10.9 Å². The Morgan fingerprint density at radius 1 is 1.26 bits per heavy atom. The molecular weight excluding hydrogens is 258 g/mol. The molecule has 0 fully saturated rings. The number of hydrogen-bond donors (Lipinski definition) is 1. The van der Waals surface area contributed by atoms with Crippen molar-refractivity contribution in [2.45, 2.75) is 33.2 Å². The zero-order chi connectivity index (χ0) is 13.7. The summed E-state index contributed by atoms with van der Waals surface area (Å²) in [5.41, 5.74) is 1.19. The van der Waals surface area contributed by atoms with Crippen LogP contribution in [0.15, 0.2) is 24.3 Å². The minimum absolute atomic E-state index is 0.422. The van der Waals surface area contributed by atoms with Crippen LogP contribution in [0, 0.1) is 0 Å². The monoisotopic (exact) mass is 277 g/mol. The highest BCUT2D eigenvalue weighted by atomic mass is 32.1. The Bertz CT molecular complexity index is 525. The predicted molar refractivity (Wildman–Crippen MR) is 77.9 cm³/mol. The molecule has 0 aliphatic carbocycles. The second kappa shape index (κ2) is 6.63. The maximum atomic E-state index is 5.85. The van der Waals surface area contributed by atoms with E-state index in [-0.39, 0.29) is 0 Å². The van der Waals surface area contributed by atoms with Gasteiger partial charge in [-0.15, -0.1) is 5.10 Å².